The van der Waals surface area contributed by atoms with E-state index in [-0.39, 0.29) is 23.8 Å². The lowest BCUT2D eigenvalue weighted by Crippen LogP contribution is -2.19. The summed E-state index contributed by atoms with van der Waals surface area (Å²) in [5.74, 6) is 3.65. The molecule has 0 aliphatic rings. The van der Waals surface area contributed by atoms with Gasteiger partial charge in [0.2, 0.25) is 5.91 Å². The highest BCUT2D eigenvalue weighted by molar-refractivity contribution is 5.91. The minimum atomic E-state index is -1.21. The largest absolute Gasteiger partial charge is 0.507 e. The average Bonchev–Trinajstić information content (AvgIpc) is 2.25. The lowest BCUT2D eigenvalue weighted by molar-refractivity contribution is -0.118. The fraction of sp³-hybridized carbons (Fsp3) is 0.167. The predicted octanol–water partition coefficient (Wildman–Crippen LogP) is 0.578. The SMILES string of the molecule is CC(=O)NCC#Cc1ccc(O)c(C(=O)O)c1. The summed E-state index contributed by atoms with van der Waals surface area (Å²) in [7, 11) is 0. The number of hydrogen-bond acceptors (Lipinski definition) is 3. The fourth-order valence-electron chi connectivity index (χ4n) is 1.10. The standard InChI is InChI=1S/C12H11NO4/c1-8(14)13-6-2-3-9-4-5-11(15)10(7-9)12(16)17/h4-5,7,15H,6H2,1H3,(H,13,14)(H,16,17). The van der Waals surface area contributed by atoms with Crippen molar-refractivity contribution >= 4 is 11.9 Å². The molecular weight excluding hydrogens is 222 g/mol. The summed E-state index contributed by atoms with van der Waals surface area (Å²) in [4.78, 5) is 21.3. The zero-order valence-electron chi connectivity index (χ0n) is 9.15. The zero-order chi connectivity index (χ0) is 12.8. The molecule has 0 spiro atoms. The molecule has 0 bridgehead atoms. The van der Waals surface area contributed by atoms with Gasteiger partial charge in [0.15, 0.2) is 0 Å². The number of hydrogen-bond donors (Lipinski definition) is 3. The Kier molecular flexibility index (Phi) is 4.12. The second-order valence-corrected chi connectivity index (χ2v) is 3.25. The maximum absolute atomic E-state index is 10.7. The van der Waals surface area contributed by atoms with Crippen LogP contribution in [0.5, 0.6) is 5.75 Å². The first-order valence-electron chi connectivity index (χ1n) is 4.80. The van der Waals surface area contributed by atoms with Crippen LogP contribution in [0.15, 0.2) is 18.2 Å². The van der Waals surface area contributed by atoms with Gasteiger partial charge in [0.1, 0.15) is 11.3 Å². The molecule has 0 aromatic heterocycles. The van der Waals surface area contributed by atoms with Crippen molar-refractivity contribution in [2.45, 2.75) is 6.92 Å². The molecular formula is C12H11NO4. The molecule has 3 N–H and O–H groups in total. The van der Waals surface area contributed by atoms with Crippen molar-refractivity contribution in [2.75, 3.05) is 6.54 Å². The molecule has 17 heavy (non-hydrogen) atoms. The van der Waals surface area contributed by atoms with Crippen molar-refractivity contribution in [3.05, 3.63) is 29.3 Å². The molecule has 88 valence electrons. The van der Waals surface area contributed by atoms with Gasteiger partial charge in [-0.05, 0) is 18.2 Å². The number of amides is 1. The Morgan fingerprint density at radius 1 is 1.41 bits per heavy atom. The molecule has 0 radical (unpaired) electrons. The van der Waals surface area contributed by atoms with Crippen molar-refractivity contribution in [1.29, 1.82) is 0 Å². The number of aromatic carboxylic acids is 1. The van der Waals surface area contributed by atoms with Crippen LogP contribution in [-0.2, 0) is 4.79 Å². The van der Waals surface area contributed by atoms with Gasteiger partial charge in [-0.25, -0.2) is 4.79 Å². The van der Waals surface area contributed by atoms with E-state index in [4.69, 9.17) is 5.11 Å². The van der Waals surface area contributed by atoms with Crippen LogP contribution in [0, 0.1) is 11.8 Å². The lowest BCUT2D eigenvalue weighted by atomic mass is 10.1. The highest BCUT2D eigenvalue weighted by atomic mass is 16.4. The molecule has 1 rings (SSSR count). The number of aromatic hydroxyl groups is 1. The van der Waals surface area contributed by atoms with Crippen LogP contribution in [0.1, 0.15) is 22.8 Å². The Hall–Kier alpha value is -2.48. The van der Waals surface area contributed by atoms with E-state index < -0.39 is 5.97 Å². The molecule has 0 unspecified atom stereocenters. The zero-order valence-corrected chi connectivity index (χ0v) is 9.15. The van der Waals surface area contributed by atoms with Crippen LogP contribution in [0.25, 0.3) is 0 Å². The van der Waals surface area contributed by atoms with E-state index in [1.54, 1.807) is 0 Å². The van der Waals surface area contributed by atoms with Crippen molar-refractivity contribution in [3.63, 3.8) is 0 Å². The van der Waals surface area contributed by atoms with Crippen molar-refractivity contribution in [3.8, 4) is 17.6 Å². The van der Waals surface area contributed by atoms with Gasteiger partial charge in [0, 0.05) is 12.5 Å². The van der Waals surface area contributed by atoms with Crippen LogP contribution in [0.4, 0.5) is 0 Å². The van der Waals surface area contributed by atoms with Crippen LogP contribution >= 0.6 is 0 Å². The topological polar surface area (TPSA) is 86.6 Å². The molecule has 0 saturated carbocycles. The summed E-state index contributed by atoms with van der Waals surface area (Å²) in [6, 6.07) is 4.05. The summed E-state index contributed by atoms with van der Waals surface area (Å²) in [5.41, 5.74) is 0.266. The smallest absolute Gasteiger partial charge is 0.339 e. The van der Waals surface area contributed by atoms with E-state index in [1.807, 2.05) is 0 Å². The Morgan fingerprint density at radius 3 is 2.71 bits per heavy atom. The molecule has 0 fully saturated rings. The van der Waals surface area contributed by atoms with Crippen molar-refractivity contribution in [2.24, 2.45) is 0 Å². The first-order valence-corrected chi connectivity index (χ1v) is 4.80. The highest BCUT2D eigenvalue weighted by Crippen LogP contribution is 2.17. The Morgan fingerprint density at radius 2 is 2.12 bits per heavy atom. The van der Waals surface area contributed by atoms with Gasteiger partial charge in [-0.1, -0.05) is 11.8 Å². The molecule has 1 aromatic rings. The van der Waals surface area contributed by atoms with Gasteiger partial charge in [0.05, 0.1) is 6.54 Å². The van der Waals surface area contributed by atoms with Gasteiger partial charge in [-0.15, -0.1) is 0 Å². The maximum atomic E-state index is 10.7. The van der Waals surface area contributed by atoms with E-state index in [0.717, 1.165) is 0 Å². The Bertz CT molecular complexity index is 511. The molecule has 0 saturated heterocycles. The molecule has 1 amide bonds. The normalized spacial score (nSPS) is 9.00. The Labute approximate surface area is 98.1 Å². The van der Waals surface area contributed by atoms with Crippen molar-refractivity contribution in [1.82, 2.24) is 5.32 Å². The first-order chi connectivity index (χ1) is 8.00. The van der Waals surface area contributed by atoms with E-state index in [1.165, 1.54) is 25.1 Å². The molecule has 0 atom stereocenters. The summed E-state index contributed by atoms with van der Waals surface area (Å²) in [5, 5.41) is 20.5. The minimum absolute atomic E-state index is 0.184. The quantitative estimate of drug-likeness (QED) is 0.652. The third kappa shape index (κ3) is 3.87. The predicted molar refractivity (Wildman–Crippen MR) is 60.6 cm³/mol. The Balaban J connectivity index is 2.82. The van der Waals surface area contributed by atoms with E-state index in [9.17, 15) is 14.7 Å². The van der Waals surface area contributed by atoms with Crippen LogP contribution in [0.2, 0.25) is 0 Å². The van der Waals surface area contributed by atoms with Crippen LogP contribution in [-0.4, -0.2) is 28.6 Å². The molecule has 5 nitrogen and oxygen atoms in total. The highest BCUT2D eigenvalue weighted by Gasteiger charge is 2.08. The van der Waals surface area contributed by atoms with Gasteiger partial charge < -0.3 is 15.5 Å². The molecule has 1 aromatic carbocycles. The molecule has 5 heteroatoms. The number of phenols is 1. The number of carboxylic acids is 1. The number of carbonyl (C=O) groups is 2. The molecule has 0 aliphatic heterocycles. The first kappa shape index (κ1) is 12.6. The van der Waals surface area contributed by atoms with Gasteiger partial charge >= 0.3 is 5.97 Å². The van der Waals surface area contributed by atoms with Gasteiger partial charge in [-0.2, -0.15) is 0 Å². The number of carbonyl (C=O) groups excluding carboxylic acids is 1. The molecule has 0 aliphatic carbocycles. The second-order valence-electron chi connectivity index (χ2n) is 3.25. The maximum Gasteiger partial charge on any atom is 0.339 e. The van der Waals surface area contributed by atoms with Crippen molar-refractivity contribution < 1.29 is 19.8 Å². The molecule has 0 heterocycles. The van der Waals surface area contributed by atoms with Gasteiger partial charge in [-0.3, -0.25) is 4.79 Å². The lowest BCUT2D eigenvalue weighted by Gasteiger charge is -1.99. The third-order valence-corrected chi connectivity index (χ3v) is 1.89. The van der Waals surface area contributed by atoms with Crippen LogP contribution < -0.4 is 5.32 Å². The minimum Gasteiger partial charge on any atom is -0.507 e. The summed E-state index contributed by atoms with van der Waals surface area (Å²) in [6.07, 6.45) is 0. The summed E-state index contributed by atoms with van der Waals surface area (Å²) < 4.78 is 0. The summed E-state index contributed by atoms with van der Waals surface area (Å²) in [6.45, 7) is 1.57. The second kappa shape index (κ2) is 5.56. The number of rotatable bonds is 2. The number of benzene rings is 1. The summed E-state index contributed by atoms with van der Waals surface area (Å²) >= 11 is 0. The van der Waals surface area contributed by atoms with E-state index in [2.05, 4.69) is 17.2 Å². The number of carboxylic acid groups (broad SMARTS) is 1. The van der Waals surface area contributed by atoms with Crippen LogP contribution in [0.3, 0.4) is 0 Å². The monoisotopic (exact) mass is 233 g/mol. The van der Waals surface area contributed by atoms with Gasteiger partial charge in [0.25, 0.3) is 0 Å². The third-order valence-electron chi connectivity index (χ3n) is 1.89. The van der Waals surface area contributed by atoms with E-state index in [0.29, 0.717) is 5.56 Å². The number of nitrogens with one attached hydrogen (secondary N) is 1. The fourth-order valence-corrected chi connectivity index (χ4v) is 1.10. The van der Waals surface area contributed by atoms with E-state index >= 15 is 0 Å². The average molecular weight is 233 g/mol.